The molecular weight excluding hydrogens is 280 g/mol. The number of nitrogens with zero attached hydrogens (tertiary/aromatic N) is 1. The summed E-state index contributed by atoms with van der Waals surface area (Å²) in [4.78, 5) is 13.1. The first-order chi connectivity index (χ1) is 9.04. The van der Waals surface area contributed by atoms with E-state index in [0.717, 1.165) is 33.1 Å². The minimum absolute atomic E-state index is 0.0774. The smallest absolute Gasteiger partial charge is 0.307 e. The Hall–Kier alpha value is -1.10. The fourth-order valence-electron chi connectivity index (χ4n) is 2.12. The van der Waals surface area contributed by atoms with Crippen molar-refractivity contribution in [2.75, 3.05) is 6.54 Å². The monoisotopic (exact) mass is 296 g/mol. The molecule has 3 nitrogen and oxygen atoms in total. The van der Waals surface area contributed by atoms with E-state index in [0.29, 0.717) is 13.1 Å². The molecule has 0 atom stereocenters. The average Bonchev–Trinajstić information content (AvgIpc) is 2.65. The van der Waals surface area contributed by atoms with E-state index in [4.69, 9.17) is 17.3 Å². The van der Waals surface area contributed by atoms with Crippen molar-refractivity contribution in [1.29, 1.82) is 0 Å². The first kappa shape index (κ1) is 14.3. The Morgan fingerprint density at radius 3 is 2.74 bits per heavy atom. The number of thiazole rings is 1. The maximum atomic E-state index is 12.0. The standard InChI is InChI=1S/C14H17ClN2OS/c1-9-8-11(4-5-12(9)15)13-10(2)19-14(18)17(13)7-3-6-16/h4-5,8H,3,6-7,16H2,1-2H3. The Kier molecular flexibility index (Phi) is 4.45. The summed E-state index contributed by atoms with van der Waals surface area (Å²) in [5.74, 6) is 0. The van der Waals surface area contributed by atoms with Gasteiger partial charge in [0.15, 0.2) is 0 Å². The summed E-state index contributed by atoms with van der Waals surface area (Å²) in [7, 11) is 0. The van der Waals surface area contributed by atoms with Gasteiger partial charge in [0.05, 0.1) is 5.69 Å². The van der Waals surface area contributed by atoms with Gasteiger partial charge in [-0.25, -0.2) is 0 Å². The molecule has 102 valence electrons. The van der Waals surface area contributed by atoms with Crippen LogP contribution in [0, 0.1) is 13.8 Å². The number of hydrogen-bond acceptors (Lipinski definition) is 3. The van der Waals surface area contributed by atoms with Crippen molar-refractivity contribution in [2.45, 2.75) is 26.8 Å². The van der Waals surface area contributed by atoms with Crippen LogP contribution in [0.25, 0.3) is 11.3 Å². The SMILES string of the molecule is Cc1cc(-c2c(C)sc(=O)n2CCCN)ccc1Cl. The largest absolute Gasteiger partial charge is 0.330 e. The highest BCUT2D eigenvalue weighted by molar-refractivity contribution is 7.09. The van der Waals surface area contributed by atoms with Crippen LogP contribution in [-0.4, -0.2) is 11.1 Å². The first-order valence-corrected chi connectivity index (χ1v) is 7.41. The summed E-state index contributed by atoms with van der Waals surface area (Å²) in [5, 5.41) is 0.743. The second-order valence-corrected chi connectivity index (χ2v) is 6.10. The van der Waals surface area contributed by atoms with Crippen molar-refractivity contribution in [3.8, 4) is 11.3 Å². The van der Waals surface area contributed by atoms with E-state index in [1.807, 2.05) is 36.6 Å². The van der Waals surface area contributed by atoms with Gasteiger partial charge in [0.2, 0.25) is 0 Å². The second kappa shape index (κ2) is 5.90. The zero-order valence-corrected chi connectivity index (χ0v) is 12.6. The van der Waals surface area contributed by atoms with Crippen molar-refractivity contribution in [1.82, 2.24) is 4.57 Å². The van der Waals surface area contributed by atoms with Gasteiger partial charge in [-0.1, -0.05) is 29.0 Å². The third kappa shape index (κ3) is 2.91. The Labute approximate surface area is 121 Å². The zero-order chi connectivity index (χ0) is 14.0. The highest BCUT2D eigenvalue weighted by Crippen LogP contribution is 2.28. The summed E-state index contributed by atoms with van der Waals surface area (Å²) < 4.78 is 1.82. The van der Waals surface area contributed by atoms with Crippen molar-refractivity contribution in [3.05, 3.63) is 43.3 Å². The predicted molar refractivity (Wildman–Crippen MR) is 82.2 cm³/mol. The Morgan fingerprint density at radius 2 is 2.11 bits per heavy atom. The Morgan fingerprint density at radius 1 is 1.37 bits per heavy atom. The van der Waals surface area contributed by atoms with Crippen molar-refractivity contribution in [3.63, 3.8) is 0 Å². The number of aryl methyl sites for hydroxylation is 2. The Bertz CT molecular complexity index is 645. The number of halogens is 1. The fraction of sp³-hybridized carbons (Fsp3) is 0.357. The summed E-state index contributed by atoms with van der Waals surface area (Å²) in [6.07, 6.45) is 0.801. The average molecular weight is 297 g/mol. The molecule has 2 N–H and O–H groups in total. The summed E-state index contributed by atoms with van der Waals surface area (Å²) in [6, 6.07) is 5.86. The van der Waals surface area contributed by atoms with Crippen molar-refractivity contribution < 1.29 is 0 Å². The second-order valence-electron chi connectivity index (χ2n) is 4.53. The molecule has 5 heteroatoms. The van der Waals surface area contributed by atoms with E-state index >= 15 is 0 Å². The molecule has 1 heterocycles. The van der Waals surface area contributed by atoms with Gasteiger partial charge in [-0.05, 0) is 50.1 Å². The fourth-order valence-corrected chi connectivity index (χ4v) is 3.12. The van der Waals surface area contributed by atoms with Gasteiger partial charge in [0.25, 0.3) is 0 Å². The molecule has 0 saturated heterocycles. The van der Waals surface area contributed by atoms with Crippen LogP contribution < -0.4 is 10.6 Å². The van der Waals surface area contributed by atoms with Crippen LogP contribution in [0.5, 0.6) is 0 Å². The van der Waals surface area contributed by atoms with Crippen molar-refractivity contribution >= 4 is 22.9 Å². The van der Waals surface area contributed by atoms with Gasteiger partial charge in [0.1, 0.15) is 0 Å². The van der Waals surface area contributed by atoms with Crippen LogP contribution in [0.2, 0.25) is 5.02 Å². The molecule has 1 aromatic carbocycles. The van der Waals surface area contributed by atoms with E-state index in [-0.39, 0.29) is 4.87 Å². The lowest BCUT2D eigenvalue weighted by molar-refractivity contribution is 0.647. The van der Waals surface area contributed by atoms with E-state index in [1.165, 1.54) is 11.3 Å². The number of aromatic nitrogens is 1. The van der Waals surface area contributed by atoms with Gasteiger partial charge < -0.3 is 5.73 Å². The lowest BCUT2D eigenvalue weighted by Crippen LogP contribution is -2.16. The van der Waals surface area contributed by atoms with E-state index < -0.39 is 0 Å². The summed E-state index contributed by atoms with van der Waals surface area (Å²) >= 11 is 7.34. The van der Waals surface area contributed by atoms with E-state index in [2.05, 4.69) is 0 Å². The third-order valence-corrected chi connectivity index (χ3v) is 4.40. The number of rotatable bonds is 4. The first-order valence-electron chi connectivity index (χ1n) is 6.21. The van der Waals surface area contributed by atoms with Gasteiger partial charge in [0, 0.05) is 16.4 Å². The number of hydrogen-bond donors (Lipinski definition) is 1. The molecule has 0 radical (unpaired) electrons. The van der Waals surface area contributed by atoms with Gasteiger partial charge in [-0.15, -0.1) is 0 Å². The molecule has 2 rings (SSSR count). The van der Waals surface area contributed by atoms with Crippen LogP contribution >= 0.6 is 22.9 Å². The molecule has 0 amide bonds. The number of nitrogens with two attached hydrogens (primary N) is 1. The van der Waals surface area contributed by atoms with Crippen LogP contribution in [-0.2, 0) is 6.54 Å². The normalized spacial score (nSPS) is 10.9. The van der Waals surface area contributed by atoms with Gasteiger partial charge in [-0.2, -0.15) is 0 Å². The minimum Gasteiger partial charge on any atom is -0.330 e. The molecule has 1 aromatic heterocycles. The topological polar surface area (TPSA) is 48.0 Å². The molecule has 0 spiro atoms. The molecule has 0 unspecified atom stereocenters. The molecule has 0 aliphatic carbocycles. The highest BCUT2D eigenvalue weighted by Gasteiger charge is 2.13. The van der Waals surface area contributed by atoms with Crippen LogP contribution in [0.3, 0.4) is 0 Å². The molecule has 0 aliphatic heterocycles. The molecule has 0 bridgehead atoms. The molecule has 0 fully saturated rings. The molecule has 0 saturated carbocycles. The van der Waals surface area contributed by atoms with Crippen LogP contribution in [0.15, 0.2) is 23.0 Å². The van der Waals surface area contributed by atoms with Gasteiger partial charge in [-0.3, -0.25) is 9.36 Å². The quantitative estimate of drug-likeness (QED) is 0.942. The molecule has 2 aromatic rings. The maximum absolute atomic E-state index is 12.0. The molecule has 19 heavy (non-hydrogen) atoms. The summed E-state index contributed by atoms with van der Waals surface area (Å²) in [6.45, 7) is 5.19. The van der Waals surface area contributed by atoms with Crippen LogP contribution in [0.4, 0.5) is 0 Å². The predicted octanol–water partition coefficient (Wildman–Crippen LogP) is 3.20. The molecular formula is C14H17ClN2OS. The van der Waals surface area contributed by atoms with E-state index in [1.54, 1.807) is 0 Å². The number of benzene rings is 1. The lowest BCUT2D eigenvalue weighted by atomic mass is 10.1. The third-order valence-electron chi connectivity index (χ3n) is 3.08. The highest BCUT2D eigenvalue weighted by atomic mass is 35.5. The Balaban J connectivity index is 2.54. The zero-order valence-electron chi connectivity index (χ0n) is 11.1. The molecule has 0 aliphatic rings. The summed E-state index contributed by atoms with van der Waals surface area (Å²) in [5.41, 5.74) is 8.58. The van der Waals surface area contributed by atoms with Crippen LogP contribution in [0.1, 0.15) is 16.9 Å². The van der Waals surface area contributed by atoms with E-state index in [9.17, 15) is 4.79 Å². The van der Waals surface area contributed by atoms with Gasteiger partial charge >= 0.3 is 4.87 Å². The minimum atomic E-state index is 0.0774. The van der Waals surface area contributed by atoms with Crippen molar-refractivity contribution in [2.24, 2.45) is 5.73 Å². The lowest BCUT2D eigenvalue weighted by Gasteiger charge is -2.10. The maximum Gasteiger partial charge on any atom is 0.307 e.